The average molecular weight is 375 g/mol. The molecular formula is C18H25ClF2N2O2. The Balaban J connectivity index is 0.00000225. The summed E-state index contributed by atoms with van der Waals surface area (Å²) >= 11 is 0. The minimum atomic E-state index is -2.82. The van der Waals surface area contributed by atoms with Gasteiger partial charge in [0.25, 0.3) is 0 Å². The lowest BCUT2D eigenvalue weighted by molar-refractivity contribution is -0.127. The van der Waals surface area contributed by atoms with Gasteiger partial charge in [-0.05, 0) is 61.8 Å². The van der Waals surface area contributed by atoms with E-state index in [1.165, 1.54) is 0 Å². The maximum absolute atomic E-state index is 12.5. The molecule has 3 atom stereocenters. The summed E-state index contributed by atoms with van der Waals surface area (Å²) < 4.78 is 29.2. The number of hydrogen-bond donors (Lipinski definition) is 2. The van der Waals surface area contributed by atoms with Gasteiger partial charge in [0.05, 0.1) is 6.04 Å². The fraction of sp³-hybridized carbons (Fsp3) is 0.611. The van der Waals surface area contributed by atoms with Crippen LogP contribution < -0.4 is 15.8 Å². The Kier molecular flexibility index (Phi) is 7.02. The molecule has 7 heteroatoms. The Morgan fingerprint density at radius 2 is 2.04 bits per heavy atom. The molecule has 0 spiro atoms. The number of carbonyl (C=O) groups excluding carboxylic acids is 1. The number of ether oxygens (including phenoxy) is 1. The third-order valence-electron chi connectivity index (χ3n) is 5.06. The highest BCUT2D eigenvalue weighted by Gasteiger charge is 2.29. The highest BCUT2D eigenvalue weighted by Crippen LogP contribution is 2.33. The number of benzene rings is 1. The minimum absolute atomic E-state index is 0. The van der Waals surface area contributed by atoms with Gasteiger partial charge in [0.2, 0.25) is 5.91 Å². The molecule has 3 rings (SSSR count). The van der Waals surface area contributed by atoms with Crippen LogP contribution in [-0.2, 0) is 11.2 Å². The van der Waals surface area contributed by atoms with E-state index in [1.54, 1.807) is 18.2 Å². The molecule has 0 aliphatic heterocycles. The van der Waals surface area contributed by atoms with Gasteiger partial charge in [-0.3, -0.25) is 4.79 Å². The number of halogens is 3. The molecule has 0 bridgehead atoms. The molecular weight excluding hydrogens is 350 g/mol. The van der Waals surface area contributed by atoms with Crippen LogP contribution in [0.3, 0.4) is 0 Å². The van der Waals surface area contributed by atoms with Crippen molar-refractivity contribution in [2.24, 2.45) is 11.7 Å². The fourth-order valence-corrected chi connectivity index (χ4v) is 3.87. The van der Waals surface area contributed by atoms with Crippen LogP contribution in [0.25, 0.3) is 0 Å². The number of carbonyl (C=O) groups is 1. The molecule has 4 nitrogen and oxygen atoms in total. The number of hydrogen-bond acceptors (Lipinski definition) is 3. The Bertz CT molecular complexity index is 600. The normalized spacial score (nSPS) is 25.7. The van der Waals surface area contributed by atoms with Crippen molar-refractivity contribution in [2.75, 3.05) is 0 Å². The maximum atomic E-state index is 12.5. The second kappa shape index (κ2) is 8.81. The molecule has 0 radical (unpaired) electrons. The topological polar surface area (TPSA) is 64.4 Å². The zero-order valence-corrected chi connectivity index (χ0v) is 14.9. The van der Waals surface area contributed by atoms with Gasteiger partial charge < -0.3 is 15.8 Å². The zero-order chi connectivity index (χ0) is 17.1. The minimum Gasteiger partial charge on any atom is -0.435 e. The summed E-state index contributed by atoms with van der Waals surface area (Å²) in [6.07, 6.45) is 6.22. The summed E-state index contributed by atoms with van der Waals surface area (Å²) in [4.78, 5) is 12.5. The number of amides is 1. The average Bonchev–Trinajstić information content (AvgIpc) is 2.54. The number of aryl methyl sites for hydroxylation is 1. The van der Waals surface area contributed by atoms with E-state index in [9.17, 15) is 13.6 Å². The molecule has 2 aliphatic carbocycles. The monoisotopic (exact) mass is 374 g/mol. The summed E-state index contributed by atoms with van der Waals surface area (Å²) in [5.74, 6) is 0.227. The van der Waals surface area contributed by atoms with Crippen molar-refractivity contribution in [3.8, 4) is 5.75 Å². The SMILES string of the molecule is Cl.NC1CCCC(C(=O)NC2CCCc3cc(OC(F)F)ccc32)C1. The fourth-order valence-electron chi connectivity index (χ4n) is 3.87. The number of fused-ring (bicyclic) bond motifs is 1. The highest BCUT2D eigenvalue weighted by atomic mass is 35.5. The molecule has 1 aromatic carbocycles. The lowest BCUT2D eigenvalue weighted by atomic mass is 9.84. The van der Waals surface area contributed by atoms with E-state index in [-0.39, 0.29) is 42.1 Å². The summed E-state index contributed by atoms with van der Waals surface area (Å²) in [5.41, 5.74) is 7.96. The smallest absolute Gasteiger partial charge is 0.387 e. The van der Waals surface area contributed by atoms with Crippen LogP contribution in [-0.4, -0.2) is 18.6 Å². The number of nitrogens with one attached hydrogen (secondary N) is 1. The van der Waals surface area contributed by atoms with Gasteiger partial charge in [0, 0.05) is 12.0 Å². The van der Waals surface area contributed by atoms with Crippen LogP contribution in [0.2, 0.25) is 0 Å². The van der Waals surface area contributed by atoms with Gasteiger partial charge in [0.15, 0.2) is 0 Å². The Labute approximate surface area is 152 Å². The molecule has 2 aliphatic rings. The second-order valence-electron chi connectivity index (χ2n) is 6.82. The Morgan fingerprint density at radius 3 is 2.76 bits per heavy atom. The van der Waals surface area contributed by atoms with E-state index in [2.05, 4.69) is 10.1 Å². The zero-order valence-electron chi connectivity index (χ0n) is 14.0. The van der Waals surface area contributed by atoms with Crippen molar-refractivity contribution < 1.29 is 18.3 Å². The second-order valence-corrected chi connectivity index (χ2v) is 6.82. The van der Waals surface area contributed by atoms with Crippen LogP contribution in [0, 0.1) is 5.92 Å². The first-order valence-electron chi connectivity index (χ1n) is 8.66. The van der Waals surface area contributed by atoms with Crippen molar-refractivity contribution in [2.45, 2.75) is 63.6 Å². The molecule has 1 fully saturated rings. The third-order valence-corrected chi connectivity index (χ3v) is 5.06. The summed E-state index contributed by atoms with van der Waals surface area (Å²) in [5, 5.41) is 3.14. The molecule has 3 N–H and O–H groups in total. The molecule has 25 heavy (non-hydrogen) atoms. The molecule has 0 saturated heterocycles. The van der Waals surface area contributed by atoms with Crippen LogP contribution in [0.5, 0.6) is 5.75 Å². The largest absolute Gasteiger partial charge is 0.435 e. The Morgan fingerprint density at radius 1 is 1.24 bits per heavy atom. The number of nitrogens with two attached hydrogens (primary N) is 1. The van der Waals surface area contributed by atoms with Crippen molar-refractivity contribution >= 4 is 18.3 Å². The van der Waals surface area contributed by atoms with Gasteiger partial charge in [-0.15, -0.1) is 12.4 Å². The number of rotatable bonds is 4. The lowest BCUT2D eigenvalue weighted by Crippen LogP contribution is -2.40. The molecule has 0 heterocycles. The first-order valence-corrected chi connectivity index (χ1v) is 8.66. The van der Waals surface area contributed by atoms with Crippen molar-refractivity contribution in [3.63, 3.8) is 0 Å². The predicted molar refractivity (Wildman–Crippen MR) is 94.1 cm³/mol. The van der Waals surface area contributed by atoms with Crippen LogP contribution in [0.4, 0.5) is 8.78 Å². The first kappa shape index (κ1) is 19.9. The van der Waals surface area contributed by atoms with E-state index in [0.717, 1.165) is 56.1 Å². The van der Waals surface area contributed by atoms with Gasteiger partial charge in [0.1, 0.15) is 5.75 Å². The summed E-state index contributed by atoms with van der Waals surface area (Å²) in [6, 6.07) is 5.06. The van der Waals surface area contributed by atoms with Crippen LogP contribution in [0.1, 0.15) is 55.7 Å². The van der Waals surface area contributed by atoms with Crippen molar-refractivity contribution in [1.82, 2.24) is 5.32 Å². The molecule has 3 unspecified atom stereocenters. The Hall–Kier alpha value is -1.40. The third kappa shape index (κ3) is 5.05. The lowest BCUT2D eigenvalue weighted by Gasteiger charge is -2.31. The van der Waals surface area contributed by atoms with Crippen molar-refractivity contribution in [1.29, 1.82) is 0 Å². The van der Waals surface area contributed by atoms with E-state index in [1.807, 2.05) is 0 Å². The summed E-state index contributed by atoms with van der Waals surface area (Å²) in [6.45, 7) is -2.82. The molecule has 1 saturated carbocycles. The van der Waals surface area contributed by atoms with E-state index in [4.69, 9.17) is 5.73 Å². The molecule has 1 amide bonds. The van der Waals surface area contributed by atoms with Crippen molar-refractivity contribution in [3.05, 3.63) is 29.3 Å². The van der Waals surface area contributed by atoms with Gasteiger partial charge in [-0.1, -0.05) is 12.5 Å². The van der Waals surface area contributed by atoms with Gasteiger partial charge >= 0.3 is 6.61 Å². The maximum Gasteiger partial charge on any atom is 0.387 e. The van der Waals surface area contributed by atoms with Gasteiger partial charge in [-0.2, -0.15) is 8.78 Å². The van der Waals surface area contributed by atoms with Gasteiger partial charge in [-0.25, -0.2) is 0 Å². The molecule has 1 aromatic rings. The first-order chi connectivity index (χ1) is 11.5. The molecule has 0 aromatic heterocycles. The van der Waals surface area contributed by atoms with E-state index >= 15 is 0 Å². The number of alkyl halides is 2. The van der Waals surface area contributed by atoms with Crippen LogP contribution in [0.15, 0.2) is 18.2 Å². The summed E-state index contributed by atoms with van der Waals surface area (Å²) in [7, 11) is 0. The highest BCUT2D eigenvalue weighted by molar-refractivity contribution is 5.85. The van der Waals surface area contributed by atoms with E-state index < -0.39 is 6.61 Å². The predicted octanol–water partition coefficient (Wildman–Crippen LogP) is 3.72. The molecule has 140 valence electrons. The standard InChI is InChI=1S/C18H24F2N2O2.ClH/c19-18(20)24-14-7-8-15-11(10-14)3-2-6-16(15)22-17(23)12-4-1-5-13(21)9-12;/h7-8,10,12-13,16,18H,1-6,9,21H2,(H,22,23);1H. The van der Waals surface area contributed by atoms with E-state index in [0.29, 0.717) is 0 Å². The quantitative estimate of drug-likeness (QED) is 0.844. The van der Waals surface area contributed by atoms with Crippen LogP contribution >= 0.6 is 12.4 Å².